The Labute approximate surface area is 252 Å². The second kappa shape index (κ2) is 13.6. The maximum atomic E-state index is 14.4. The number of rotatable bonds is 9. The summed E-state index contributed by atoms with van der Waals surface area (Å²) < 4.78 is 66.8. The molecule has 0 spiro atoms. The smallest absolute Gasteiger partial charge is 0.409 e. The molecule has 1 aromatic heterocycles. The molecule has 2 aliphatic heterocycles. The molecule has 11 nitrogen and oxygen atoms in total. The van der Waals surface area contributed by atoms with Crippen LogP contribution in [0.4, 0.5) is 18.7 Å². The van der Waals surface area contributed by atoms with Crippen LogP contribution < -0.4 is 4.90 Å². The number of anilines is 1. The number of carbonyl (C=O) groups is 2. The van der Waals surface area contributed by atoms with Crippen molar-refractivity contribution in [2.24, 2.45) is 0 Å². The summed E-state index contributed by atoms with van der Waals surface area (Å²) in [5, 5.41) is 0.225. The van der Waals surface area contributed by atoms with Gasteiger partial charge in [-0.05, 0) is 43.7 Å². The highest BCUT2D eigenvalue weighted by atomic mass is 32.2. The second-order valence-corrected chi connectivity index (χ2v) is 13.1. The highest BCUT2D eigenvalue weighted by Crippen LogP contribution is 2.32. The molecule has 0 saturated carbocycles. The molecule has 2 saturated heterocycles. The SMILES string of the molecule is CCOC(=O)N1CCN(S(=O)(=O)c2ccc(C(=O)N(CCCN3CCOCC3)c3nc4c(F)cc(F)cc4s3)cc2)CC1. The molecule has 0 radical (unpaired) electrons. The number of nitrogens with zero attached hydrogens (tertiary/aromatic N) is 5. The van der Waals surface area contributed by atoms with Gasteiger partial charge in [-0.1, -0.05) is 11.3 Å². The van der Waals surface area contributed by atoms with Gasteiger partial charge in [-0.3, -0.25) is 14.6 Å². The molecule has 0 bridgehead atoms. The number of morpholine rings is 1. The van der Waals surface area contributed by atoms with Crippen LogP contribution in [0.5, 0.6) is 0 Å². The van der Waals surface area contributed by atoms with Gasteiger partial charge < -0.3 is 14.4 Å². The highest BCUT2D eigenvalue weighted by Gasteiger charge is 2.31. The van der Waals surface area contributed by atoms with Gasteiger partial charge in [0, 0.05) is 64.0 Å². The Bertz CT molecular complexity index is 1560. The third kappa shape index (κ3) is 7.12. The van der Waals surface area contributed by atoms with Crippen molar-refractivity contribution >= 4 is 48.7 Å². The third-order valence-corrected chi connectivity index (χ3v) is 10.3. The summed E-state index contributed by atoms with van der Waals surface area (Å²) >= 11 is 1.01. The number of hydrogen-bond acceptors (Lipinski definition) is 9. The average molecular weight is 638 g/mol. The van der Waals surface area contributed by atoms with Crippen molar-refractivity contribution in [3.8, 4) is 0 Å². The molecule has 2 aromatic carbocycles. The van der Waals surface area contributed by atoms with Crippen molar-refractivity contribution in [1.82, 2.24) is 19.1 Å². The zero-order valence-electron chi connectivity index (χ0n) is 23.7. The fourth-order valence-electron chi connectivity index (χ4n) is 5.02. The molecule has 2 aliphatic rings. The van der Waals surface area contributed by atoms with Crippen LogP contribution in [0.3, 0.4) is 0 Å². The van der Waals surface area contributed by atoms with Crippen molar-refractivity contribution in [2.45, 2.75) is 18.2 Å². The molecular weight excluding hydrogens is 604 g/mol. The van der Waals surface area contributed by atoms with E-state index in [-0.39, 0.29) is 65.1 Å². The van der Waals surface area contributed by atoms with Gasteiger partial charge in [0.25, 0.3) is 5.91 Å². The summed E-state index contributed by atoms with van der Waals surface area (Å²) in [6.45, 7) is 6.43. The van der Waals surface area contributed by atoms with Gasteiger partial charge in [0.1, 0.15) is 11.3 Å². The number of thiazole rings is 1. The molecule has 5 rings (SSSR count). The van der Waals surface area contributed by atoms with Gasteiger partial charge in [-0.2, -0.15) is 4.31 Å². The number of piperazine rings is 1. The summed E-state index contributed by atoms with van der Waals surface area (Å²) in [5.74, 6) is -1.98. The summed E-state index contributed by atoms with van der Waals surface area (Å²) in [7, 11) is -3.86. The standard InChI is InChI=1S/C28H33F2N5O6S2/c1-2-41-28(37)33-10-12-34(13-11-33)43(38,39)22-6-4-20(5-7-22)26(36)35(9-3-8-32-14-16-40-17-15-32)27-31-25-23(30)18-21(29)19-24(25)42-27/h4-7,18-19H,2-3,8-17H2,1H3. The maximum Gasteiger partial charge on any atom is 0.409 e. The van der Waals surface area contributed by atoms with E-state index < -0.39 is 33.7 Å². The van der Waals surface area contributed by atoms with Gasteiger partial charge in [0.15, 0.2) is 10.9 Å². The second-order valence-electron chi connectivity index (χ2n) is 10.1. The third-order valence-electron chi connectivity index (χ3n) is 7.34. The van der Waals surface area contributed by atoms with E-state index in [1.807, 2.05) is 0 Å². The molecule has 15 heteroatoms. The Morgan fingerprint density at radius 3 is 2.42 bits per heavy atom. The van der Waals surface area contributed by atoms with Gasteiger partial charge in [0.2, 0.25) is 10.0 Å². The zero-order chi connectivity index (χ0) is 30.6. The molecule has 2 amide bonds. The van der Waals surface area contributed by atoms with Crippen LogP contribution >= 0.6 is 11.3 Å². The number of benzene rings is 2. The molecule has 0 aliphatic carbocycles. The molecule has 3 heterocycles. The zero-order valence-corrected chi connectivity index (χ0v) is 25.3. The number of aromatic nitrogens is 1. The number of amides is 2. The molecule has 2 fully saturated rings. The van der Waals surface area contributed by atoms with Crippen molar-refractivity contribution < 1.29 is 36.3 Å². The lowest BCUT2D eigenvalue weighted by atomic mass is 10.2. The summed E-state index contributed by atoms with van der Waals surface area (Å²) in [6.07, 6.45) is 0.126. The number of sulfonamides is 1. The normalized spacial score (nSPS) is 16.9. The lowest BCUT2D eigenvalue weighted by molar-refractivity contribution is 0.0376. The van der Waals surface area contributed by atoms with Gasteiger partial charge in [-0.15, -0.1) is 0 Å². The molecule has 3 aromatic rings. The quantitative estimate of drug-likeness (QED) is 0.351. The number of ether oxygens (including phenoxy) is 2. The molecule has 0 N–H and O–H groups in total. The van der Waals surface area contributed by atoms with Crippen LogP contribution in [0, 0.1) is 11.6 Å². The van der Waals surface area contributed by atoms with Crippen LogP contribution in [0.2, 0.25) is 0 Å². The van der Waals surface area contributed by atoms with E-state index in [0.717, 1.165) is 30.5 Å². The van der Waals surface area contributed by atoms with Crippen LogP contribution in [-0.4, -0.2) is 112 Å². The lowest BCUT2D eigenvalue weighted by Gasteiger charge is -2.33. The number of carbonyl (C=O) groups excluding carboxylic acids is 2. The summed E-state index contributed by atoms with van der Waals surface area (Å²) in [4.78, 5) is 35.2. The fraction of sp³-hybridized carbons (Fsp3) is 0.464. The van der Waals surface area contributed by atoms with Crippen molar-refractivity contribution in [2.75, 3.05) is 77.1 Å². The minimum Gasteiger partial charge on any atom is -0.450 e. The first-order chi connectivity index (χ1) is 20.7. The van der Waals surface area contributed by atoms with Crippen molar-refractivity contribution in [1.29, 1.82) is 0 Å². The Balaban J connectivity index is 1.33. The van der Waals surface area contributed by atoms with Gasteiger partial charge >= 0.3 is 6.09 Å². The Morgan fingerprint density at radius 2 is 1.74 bits per heavy atom. The summed E-state index contributed by atoms with van der Waals surface area (Å²) in [5.41, 5.74) is 0.209. The van der Waals surface area contributed by atoms with Crippen LogP contribution in [-0.2, 0) is 19.5 Å². The van der Waals surface area contributed by atoms with E-state index in [1.54, 1.807) is 6.92 Å². The van der Waals surface area contributed by atoms with Gasteiger partial charge in [-0.25, -0.2) is 27.0 Å². The Morgan fingerprint density at radius 1 is 1.05 bits per heavy atom. The Kier molecular flexibility index (Phi) is 9.86. The van der Waals surface area contributed by atoms with Crippen LogP contribution in [0.25, 0.3) is 10.2 Å². The minimum atomic E-state index is -3.86. The average Bonchev–Trinajstić information content (AvgIpc) is 3.44. The maximum absolute atomic E-state index is 14.4. The predicted octanol–water partition coefficient (Wildman–Crippen LogP) is 3.41. The van der Waals surface area contributed by atoms with E-state index in [2.05, 4.69) is 9.88 Å². The van der Waals surface area contributed by atoms with Crippen LogP contribution in [0.15, 0.2) is 41.3 Å². The monoisotopic (exact) mass is 637 g/mol. The molecule has 232 valence electrons. The molecule has 0 atom stereocenters. The highest BCUT2D eigenvalue weighted by molar-refractivity contribution is 7.89. The minimum absolute atomic E-state index is 0.0168. The number of fused-ring (bicyclic) bond motifs is 1. The van der Waals surface area contributed by atoms with Crippen molar-refractivity contribution in [3.05, 3.63) is 53.6 Å². The fourth-order valence-corrected chi connectivity index (χ4v) is 7.47. The van der Waals surface area contributed by atoms with E-state index in [0.29, 0.717) is 26.2 Å². The topological polar surface area (TPSA) is 113 Å². The first-order valence-corrected chi connectivity index (χ1v) is 16.3. The lowest BCUT2D eigenvalue weighted by Crippen LogP contribution is -2.50. The van der Waals surface area contributed by atoms with Crippen molar-refractivity contribution in [3.63, 3.8) is 0 Å². The summed E-state index contributed by atoms with van der Waals surface area (Å²) in [6, 6.07) is 7.56. The van der Waals surface area contributed by atoms with E-state index in [9.17, 15) is 26.8 Å². The Hall–Kier alpha value is -3.24. The number of halogens is 2. The van der Waals surface area contributed by atoms with E-state index in [4.69, 9.17) is 9.47 Å². The number of hydrogen-bond donors (Lipinski definition) is 0. The molecule has 43 heavy (non-hydrogen) atoms. The first kappa shape index (κ1) is 31.2. The van der Waals surface area contributed by atoms with E-state index in [1.165, 1.54) is 44.4 Å². The van der Waals surface area contributed by atoms with E-state index >= 15 is 0 Å². The molecular formula is C28H33F2N5O6S2. The first-order valence-electron chi connectivity index (χ1n) is 14.1. The largest absolute Gasteiger partial charge is 0.450 e. The van der Waals surface area contributed by atoms with Crippen LogP contribution in [0.1, 0.15) is 23.7 Å². The van der Waals surface area contributed by atoms with Gasteiger partial charge in [0.05, 0.1) is 29.4 Å². The molecule has 0 unspecified atom stereocenters. The predicted molar refractivity (Wildman–Crippen MR) is 157 cm³/mol.